The number of hydrogen-bond acceptors (Lipinski definition) is 1. The molecule has 0 bridgehead atoms. The number of amides is 1. The van der Waals surface area contributed by atoms with Gasteiger partial charge in [0.15, 0.2) is 0 Å². The number of hydrogen-bond donors (Lipinski definition) is 1. The maximum Gasteiger partial charge on any atom is 0.228 e. The molecule has 1 aromatic carbocycles. The summed E-state index contributed by atoms with van der Waals surface area (Å²) >= 11 is 0. The molecule has 0 spiro atoms. The number of benzene rings is 1. The van der Waals surface area contributed by atoms with Crippen LogP contribution in [0.3, 0.4) is 0 Å². The third-order valence-electron chi connectivity index (χ3n) is 1.56. The van der Waals surface area contributed by atoms with Crippen LogP contribution in [0.15, 0.2) is 42.6 Å². The zero-order valence-corrected chi connectivity index (χ0v) is 7.71. The van der Waals surface area contributed by atoms with E-state index in [1.54, 1.807) is 6.92 Å². The molecule has 0 heterocycles. The van der Waals surface area contributed by atoms with Crippen molar-refractivity contribution in [2.24, 2.45) is 0 Å². The first-order valence-electron chi connectivity index (χ1n) is 4.18. The molecule has 0 fully saturated rings. The summed E-state index contributed by atoms with van der Waals surface area (Å²) < 4.78 is 0. The van der Waals surface area contributed by atoms with E-state index in [1.807, 2.05) is 30.3 Å². The zero-order chi connectivity index (χ0) is 9.68. The summed E-state index contributed by atoms with van der Waals surface area (Å²) in [4.78, 5) is 11.3. The van der Waals surface area contributed by atoms with E-state index in [9.17, 15) is 4.79 Å². The third-order valence-corrected chi connectivity index (χ3v) is 1.56. The predicted octanol–water partition coefficient (Wildman–Crippen LogP) is 1.88. The van der Waals surface area contributed by atoms with Crippen molar-refractivity contribution in [2.75, 3.05) is 0 Å². The highest BCUT2D eigenvalue weighted by Gasteiger charge is 2.01. The fraction of sp³-hybridized carbons (Fsp3) is 0.182. The van der Waals surface area contributed by atoms with Gasteiger partial charge < -0.3 is 5.32 Å². The normalized spacial score (nSPS) is 9.31. The Morgan fingerprint density at radius 3 is 2.54 bits per heavy atom. The average Bonchev–Trinajstić information content (AvgIpc) is 2.04. The molecule has 1 aromatic rings. The van der Waals surface area contributed by atoms with Crippen LogP contribution in [0.1, 0.15) is 12.5 Å². The monoisotopic (exact) mass is 175 g/mol. The van der Waals surface area contributed by atoms with Crippen LogP contribution in [-0.2, 0) is 11.2 Å². The molecule has 0 aliphatic heterocycles. The molecule has 1 rings (SSSR count). The topological polar surface area (TPSA) is 29.1 Å². The first kappa shape index (κ1) is 9.52. The molecule has 68 valence electrons. The van der Waals surface area contributed by atoms with E-state index in [-0.39, 0.29) is 5.91 Å². The van der Waals surface area contributed by atoms with Crippen molar-refractivity contribution < 1.29 is 4.79 Å². The molecule has 1 N–H and O–H groups in total. The maximum absolute atomic E-state index is 11.3. The second-order valence-corrected chi connectivity index (χ2v) is 2.99. The van der Waals surface area contributed by atoms with E-state index in [1.165, 1.54) is 0 Å². The van der Waals surface area contributed by atoms with Crippen molar-refractivity contribution in [3.8, 4) is 0 Å². The Morgan fingerprint density at radius 2 is 2.00 bits per heavy atom. The number of carbonyl (C=O) groups is 1. The van der Waals surface area contributed by atoms with Crippen LogP contribution in [0.2, 0.25) is 0 Å². The Balaban J connectivity index is 2.50. The molecule has 2 heteroatoms. The minimum absolute atomic E-state index is 0.0151. The SMILES string of the molecule is C=C(C)NC(=O)Cc1ccccc1. The summed E-state index contributed by atoms with van der Waals surface area (Å²) in [5, 5.41) is 2.66. The Bertz CT molecular complexity index is 303. The first-order chi connectivity index (χ1) is 6.18. The fourth-order valence-electron chi connectivity index (χ4n) is 1.06. The van der Waals surface area contributed by atoms with E-state index in [4.69, 9.17) is 0 Å². The minimum atomic E-state index is -0.0151. The van der Waals surface area contributed by atoms with Crippen LogP contribution >= 0.6 is 0 Å². The van der Waals surface area contributed by atoms with Crippen molar-refractivity contribution in [1.29, 1.82) is 0 Å². The van der Waals surface area contributed by atoms with Gasteiger partial charge in [-0.05, 0) is 12.5 Å². The minimum Gasteiger partial charge on any atom is -0.330 e. The highest BCUT2D eigenvalue weighted by atomic mass is 16.1. The molecule has 0 aliphatic rings. The fourth-order valence-corrected chi connectivity index (χ4v) is 1.06. The van der Waals surface area contributed by atoms with Gasteiger partial charge in [-0.25, -0.2) is 0 Å². The molecule has 0 unspecified atom stereocenters. The molecule has 1 amide bonds. The predicted molar refractivity (Wildman–Crippen MR) is 53.1 cm³/mol. The quantitative estimate of drug-likeness (QED) is 0.746. The average molecular weight is 175 g/mol. The van der Waals surface area contributed by atoms with Gasteiger partial charge in [-0.2, -0.15) is 0 Å². The summed E-state index contributed by atoms with van der Waals surface area (Å²) in [7, 11) is 0. The van der Waals surface area contributed by atoms with Gasteiger partial charge >= 0.3 is 0 Å². The van der Waals surface area contributed by atoms with Crippen LogP contribution in [0.5, 0.6) is 0 Å². The van der Waals surface area contributed by atoms with Crippen molar-refractivity contribution in [3.63, 3.8) is 0 Å². The molecular weight excluding hydrogens is 162 g/mol. The highest BCUT2D eigenvalue weighted by Crippen LogP contribution is 1.99. The lowest BCUT2D eigenvalue weighted by molar-refractivity contribution is -0.119. The number of allylic oxidation sites excluding steroid dienone is 1. The van der Waals surface area contributed by atoms with Crippen molar-refractivity contribution in [3.05, 3.63) is 48.2 Å². The standard InChI is InChI=1S/C11H13NO/c1-9(2)12-11(13)8-10-6-4-3-5-7-10/h3-7H,1,8H2,2H3,(H,12,13). The zero-order valence-electron chi connectivity index (χ0n) is 7.71. The van der Waals surface area contributed by atoms with Crippen molar-refractivity contribution >= 4 is 5.91 Å². The molecule has 0 aliphatic carbocycles. The molecule has 0 saturated heterocycles. The summed E-state index contributed by atoms with van der Waals surface area (Å²) in [5.74, 6) is -0.0151. The van der Waals surface area contributed by atoms with Gasteiger partial charge in [0.05, 0.1) is 6.42 Å². The molecule has 2 nitrogen and oxygen atoms in total. The molecule has 0 aromatic heterocycles. The van der Waals surface area contributed by atoms with Gasteiger partial charge in [-0.3, -0.25) is 4.79 Å². The lowest BCUT2D eigenvalue weighted by atomic mass is 10.1. The lowest BCUT2D eigenvalue weighted by Crippen LogP contribution is -2.22. The van der Waals surface area contributed by atoms with E-state index in [0.717, 1.165) is 5.56 Å². The summed E-state index contributed by atoms with van der Waals surface area (Å²) in [5.41, 5.74) is 1.70. The maximum atomic E-state index is 11.3. The van der Waals surface area contributed by atoms with E-state index < -0.39 is 0 Å². The van der Waals surface area contributed by atoms with Crippen LogP contribution in [0.4, 0.5) is 0 Å². The van der Waals surface area contributed by atoms with Crippen LogP contribution in [-0.4, -0.2) is 5.91 Å². The summed E-state index contributed by atoms with van der Waals surface area (Å²) in [6, 6.07) is 9.63. The van der Waals surface area contributed by atoms with Gasteiger partial charge in [-0.15, -0.1) is 0 Å². The van der Waals surface area contributed by atoms with Crippen molar-refractivity contribution in [2.45, 2.75) is 13.3 Å². The molecule has 0 atom stereocenters. The Hall–Kier alpha value is -1.57. The Kier molecular flexibility index (Phi) is 3.26. The second kappa shape index (κ2) is 4.45. The van der Waals surface area contributed by atoms with Gasteiger partial charge in [-0.1, -0.05) is 36.9 Å². The molecule has 0 radical (unpaired) electrons. The van der Waals surface area contributed by atoms with E-state index in [0.29, 0.717) is 12.1 Å². The smallest absolute Gasteiger partial charge is 0.228 e. The largest absolute Gasteiger partial charge is 0.330 e. The highest BCUT2D eigenvalue weighted by molar-refractivity contribution is 5.79. The molecule has 0 saturated carbocycles. The van der Waals surface area contributed by atoms with Crippen LogP contribution in [0, 0.1) is 0 Å². The third kappa shape index (κ3) is 3.56. The first-order valence-corrected chi connectivity index (χ1v) is 4.18. The van der Waals surface area contributed by atoms with Gasteiger partial charge in [0.1, 0.15) is 0 Å². The van der Waals surface area contributed by atoms with E-state index >= 15 is 0 Å². The van der Waals surface area contributed by atoms with Crippen molar-refractivity contribution in [1.82, 2.24) is 5.32 Å². The Morgan fingerprint density at radius 1 is 1.38 bits per heavy atom. The molecular formula is C11H13NO. The summed E-state index contributed by atoms with van der Waals surface area (Å²) in [6.45, 7) is 5.37. The number of rotatable bonds is 3. The number of nitrogens with one attached hydrogen (secondary N) is 1. The lowest BCUT2D eigenvalue weighted by Gasteiger charge is -2.03. The van der Waals surface area contributed by atoms with E-state index in [2.05, 4.69) is 11.9 Å². The molecule has 13 heavy (non-hydrogen) atoms. The van der Waals surface area contributed by atoms with Crippen LogP contribution < -0.4 is 5.32 Å². The number of carbonyl (C=O) groups excluding carboxylic acids is 1. The second-order valence-electron chi connectivity index (χ2n) is 2.99. The van der Waals surface area contributed by atoms with Crippen LogP contribution in [0.25, 0.3) is 0 Å². The van der Waals surface area contributed by atoms with Gasteiger partial charge in [0.2, 0.25) is 5.91 Å². The van der Waals surface area contributed by atoms with Gasteiger partial charge in [0.25, 0.3) is 0 Å². The Labute approximate surface area is 78.3 Å². The summed E-state index contributed by atoms with van der Waals surface area (Å²) in [6.07, 6.45) is 0.410. The van der Waals surface area contributed by atoms with Gasteiger partial charge in [0, 0.05) is 5.70 Å².